The Labute approximate surface area is 92.6 Å². The minimum atomic E-state index is -0.108. The highest BCUT2D eigenvalue weighted by Crippen LogP contribution is 2.39. The molecule has 2 atom stereocenters. The molecule has 2 heteroatoms. The van der Waals surface area contributed by atoms with Gasteiger partial charge in [-0.2, -0.15) is 0 Å². The predicted octanol–water partition coefficient (Wildman–Crippen LogP) is 4.17. The van der Waals surface area contributed by atoms with Crippen LogP contribution in [0.1, 0.15) is 36.3 Å². The molecule has 0 spiro atoms. The Bertz CT molecular complexity index is 335. The predicted molar refractivity (Wildman–Crippen MR) is 60.4 cm³/mol. The van der Waals surface area contributed by atoms with Crippen LogP contribution in [0.2, 0.25) is 0 Å². The van der Waals surface area contributed by atoms with Crippen LogP contribution in [0.25, 0.3) is 0 Å². The Morgan fingerprint density at radius 1 is 1.36 bits per heavy atom. The van der Waals surface area contributed by atoms with Gasteiger partial charge in [-0.15, -0.1) is 0 Å². The van der Waals surface area contributed by atoms with Crippen LogP contribution in [-0.2, 0) is 0 Å². The first-order chi connectivity index (χ1) is 6.66. The Kier molecular flexibility index (Phi) is 2.91. The maximum Gasteiger partial charge on any atom is 0.123 e. The zero-order chi connectivity index (χ0) is 10.1. The van der Waals surface area contributed by atoms with E-state index in [9.17, 15) is 4.39 Å². The number of benzene rings is 1. The van der Waals surface area contributed by atoms with Crippen molar-refractivity contribution in [1.82, 2.24) is 0 Å². The van der Waals surface area contributed by atoms with Crippen molar-refractivity contribution in [3.05, 3.63) is 35.1 Å². The molecule has 1 aromatic rings. The first-order valence-corrected chi connectivity index (χ1v) is 5.98. The van der Waals surface area contributed by atoms with E-state index in [0.29, 0.717) is 10.7 Å². The van der Waals surface area contributed by atoms with E-state index in [1.807, 2.05) is 6.07 Å². The maximum atomic E-state index is 13.1. The van der Waals surface area contributed by atoms with Gasteiger partial charge in [0, 0.05) is 4.83 Å². The fourth-order valence-corrected chi connectivity index (χ4v) is 2.98. The molecule has 2 unspecified atom stereocenters. The van der Waals surface area contributed by atoms with Gasteiger partial charge in [0.2, 0.25) is 0 Å². The Balaban J connectivity index is 2.27. The maximum absolute atomic E-state index is 13.1. The third-order valence-corrected chi connectivity index (χ3v) is 3.88. The SMILES string of the molecule is Cc1ccc(F)cc1C1CCC(Br)C1. The van der Waals surface area contributed by atoms with Gasteiger partial charge in [0.05, 0.1) is 0 Å². The molecule has 0 bridgehead atoms. The van der Waals surface area contributed by atoms with E-state index < -0.39 is 0 Å². The molecule has 1 fully saturated rings. The van der Waals surface area contributed by atoms with Gasteiger partial charge in [0.1, 0.15) is 5.82 Å². The molecule has 1 aliphatic carbocycles. The second kappa shape index (κ2) is 4.01. The van der Waals surface area contributed by atoms with Gasteiger partial charge in [-0.1, -0.05) is 22.0 Å². The molecule has 1 aliphatic rings. The lowest BCUT2D eigenvalue weighted by molar-refractivity contribution is 0.617. The molecule has 0 amide bonds. The second-order valence-corrected chi connectivity index (χ2v) is 5.40. The summed E-state index contributed by atoms with van der Waals surface area (Å²) in [7, 11) is 0. The number of halogens is 2. The molecule has 14 heavy (non-hydrogen) atoms. The number of rotatable bonds is 1. The van der Waals surface area contributed by atoms with E-state index in [4.69, 9.17) is 0 Å². The Morgan fingerprint density at radius 3 is 2.79 bits per heavy atom. The van der Waals surface area contributed by atoms with Crippen molar-refractivity contribution in [2.45, 2.75) is 36.9 Å². The Hall–Kier alpha value is -0.370. The first kappa shape index (κ1) is 10.2. The van der Waals surface area contributed by atoms with Crippen molar-refractivity contribution < 1.29 is 4.39 Å². The van der Waals surface area contributed by atoms with E-state index >= 15 is 0 Å². The summed E-state index contributed by atoms with van der Waals surface area (Å²) < 4.78 is 13.1. The average Bonchev–Trinajstić information content (AvgIpc) is 2.56. The number of alkyl halides is 1. The van der Waals surface area contributed by atoms with Crippen LogP contribution in [0, 0.1) is 12.7 Å². The standard InChI is InChI=1S/C12H14BrF/c1-8-2-5-11(14)7-12(8)9-3-4-10(13)6-9/h2,5,7,9-10H,3-4,6H2,1H3. The van der Waals surface area contributed by atoms with Crippen molar-refractivity contribution in [2.75, 3.05) is 0 Å². The van der Waals surface area contributed by atoms with Crippen molar-refractivity contribution in [3.8, 4) is 0 Å². The van der Waals surface area contributed by atoms with Gasteiger partial charge >= 0.3 is 0 Å². The van der Waals surface area contributed by atoms with Gasteiger partial charge in [0.15, 0.2) is 0 Å². The molecule has 0 saturated heterocycles. The molecule has 0 radical (unpaired) electrons. The molecular weight excluding hydrogens is 243 g/mol. The van der Waals surface area contributed by atoms with Crippen LogP contribution in [0.4, 0.5) is 4.39 Å². The summed E-state index contributed by atoms with van der Waals surface area (Å²) in [5.41, 5.74) is 2.42. The first-order valence-electron chi connectivity index (χ1n) is 5.07. The smallest absolute Gasteiger partial charge is 0.123 e. The fourth-order valence-electron chi connectivity index (χ4n) is 2.26. The van der Waals surface area contributed by atoms with Crippen LogP contribution >= 0.6 is 15.9 Å². The third-order valence-electron chi connectivity index (χ3n) is 3.05. The lowest BCUT2D eigenvalue weighted by Gasteiger charge is -2.12. The van der Waals surface area contributed by atoms with Gasteiger partial charge in [-0.3, -0.25) is 0 Å². The van der Waals surface area contributed by atoms with Crippen LogP contribution in [-0.4, -0.2) is 4.83 Å². The van der Waals surface area contributed by atoms with Crippen LogP contribution in [0.3, 0.4) is 0 Å². The molecule has 0 heterocycles. The van der Waals surface area contributed by atoms with E-state index in [0.717, 1.165) is 6.42 Å². The molecule has 0 N–H and O–H groups in total. The highest BCUT2D eigenvalue weighted by molar-refractivity contribution is 9.09. The molecular formula is C12H14BrF. The monoisotopic (exact) mass is 256 g/mol. The second-order valence-electron chi connectivity index (χ2n) is 4.11. The molecule has 0 aliphatic heterocycles. The minimum Gasteiger partial charge on any atom is -0.207 e. The number of hydrogen-bond donors (Lipinski definition) is 0. The van der Waals surface area contributed by atoms with Crippen LogP contribution in [0.15, 0.2) is 18.2 Å². The van der Waals surface area contributed by atoms with Crippen molar-refractivity contribution in [1.29, 1.82) is 0 Å². The quantitative estimate of drug-likeness (QED) is 0.662. The lowest BCUT2D eigenvalue weighted by atomic mass is 9.93. The average molecular weight is 257 g/mol. The Morgan fingerprint density at radius 2 is 2.14 bits per heavy atom. The van der Waals surface area contributed by atoms with Crippen LogP contribution < -0.4 is 0 Å². The van der Waals surface area contributed by atoms with E-state index in [2.05, 4.69) is 22.9 Å². The van der Waals surface area contributed by atoms with E-state index in [-0.39, 0.29) is 5.82 Å². The van der Waals surface area contributed by atoms with Crippen molar-refractivity contribution >= 4 is 15.9 Å². The van der Waals surface area contributed by atoms with Crippen molar-refractivity contribution in [3.63, 3.8) is 0 Å². The van der Waals surface area contributed by atoms with Crippen LogP contribution in [0.5, 0.6) is 0 Å². The van der Waals surface area contributed by atoms with E-state index in [1.165, 1.54) is 24.0 Å². The summed E-state index contributed by atoms with van der Waals surface area (Å²) in [6.07, 6.45) is 3.53. The zero-order valence-electron chi connectivity index (χ0n) is 8.26. The summed E-state index contributed by atoms with van der Waals surface area (Å²) in [4.78, 5) is 0.621. The van der Waals surface area contributed by atoms with Gasteiger partial charge in [0.25, 0.3) is 0 Å². The van der Waals surface area contributed by atoms with E-state index in [1.54, 1.807) is 12.1 Å². The van der Waals surface area contributed by atoms with Gasteiger partial charge in [-0.25, -0.2) is 4.39 Å². The summed E-state index contributed by atoms with van der Waals surface area (Å²) in [6, 6.07) is 5.12. The number of aryl methyl sites for hydroxylation is 1. The number of hydrogen-bond acceptors (Lipinski definition) is 0. The highest BCUT2D eigenvalue weighted by atomic mass is 79.9. The summed E-state index contributed by atoms with van der Waals surface area (Å²) >= 11 is 3.63. The molecule has 1 saturated carbocycles. The summed E-state index contributed by atoms with van der Waals surface area (Å²) in [6.45, 7) is 2.07. The summed E-state index contributed by atoms with van der Waals surface area (Å²) in [5.74, 6) is 0.443. The largest absolute Gasteiger partial charge is 0.207 e. The lowest BCUT2D eigenvalue weighted by Crippen LogP contribution is -1.98. The third kappa shape index (κ3) is 2.00. The topological polar surface area (TPSA) is 0 Å². The summed E-state index contributed by atoms with van der Waals surface area (Å²) in [5, 5.41) is 0. The van der Waals surface area contributed by atoms with Gasteiger partial charge < -0.3 is 0 Å². The van der Waals surface area contributed by atoms with Crippen molar-refractivity contribution in [2.24, 2.45) is 0 Å². The zero-order valence-corrected chi connectivity index (χ0v) is 9.85. The highest BCUT2D eigenvalue weighted by Gasteiger charge is 2.25. The fraction of sp³-hybridized carbons (Fsp3) is 0.500. The van der Waals surface area contributed by atoms with Gasteiger partial charge in [-0.05, 0) is 55.4 Å². The molecule has 0 nitrogen and oxygen atoms in total. The normalized spacial score (nSPS) is 26.8. The molecule has 2 rings (SSSR count). The molecule has 76 valence electrons. The minimum absolute atomic E-state index is 0.108. The molecule has 1 aromatic carbocycles. The molecule has 0 aromatic heterocycles.